The molecule has 0 unspecified atom stereocenters. The Morgan fingerprint density at radius 1 is 1.35 bits per heavy atom. The van der Waals surface area contributed by atoms with Crippen LogP contribution in [0.1, 0.15) is 13.8 Å². The van der Waals surface area contributed by atoms with Crippen LogP contribution in [0.25, 0.3) is 11.2 Å². The van der Waals surface area contributed by atoms with Gasteiger partial charge in [-0.25, -0.2) is 24.3 Å². The molecule has 0 saturated carbocycles. The van der Waals surface area contributed by atoms with Crippen molar-refractivity contribution in [1.82, 2.24) is 24.4 Å². The smallest absolute Gasteiger partial charge is 0.331 e. The molecule has 0 atom stereocenters. The third-order valence-corrected chi connectivity index (χ3v) is 2.60. The second kappa shape index (κ2) is 4.36. The van der Waals surface area contributed by atoms with Crippen LogP contribution in [0, 0.1) is 0 Å². The summed E-state index contributed by atoms with van der Waals surface area (Å²) in [7, 11) is 0. The predicted octanol–water partition coefficient (Wildman–Crippen LogP) is 0.718. The zero-order valence-electron chi connectivity index (χ0n) is 9.79. The van der Waals surface area contributed by atoms with Gasteiger partial charge in [-0.1, -0.05) is 0 Å². The van der Waals surface area contributed by atoms with E-state index < -0.39 is 0 Å². The van der Waals surface area contributed by atoms with Crippen LogP contribution in [0.5, 0.6) is 0 Å². The number of nitrogens with two attached hydrogens (primary N) is 1. The van der Waals surface area contributed by atoms with Crippen LogP contribution in [0.15, 0.2) is 12.7 Å². The first kappa shape index (κ1) is 11.3. The van der Waals surface area contributed by atoms with E-state index in [1.54, 1.807) is 4.90 Å². The molecule has 2 N–H and O–H groups in total. The second-order valence-corrected chi connectivity index (χ2v) is 3.50. The van der Waals surface area contributed by atoms with Gasteiger partial charge in [0, 0.05) is 13.1 Å². The average Bonchev–Trinajstić information content (AvgIpc) is 2.75. The maximum atomic E-state index is 12.1. The monoisotopic (exact) mass is 234 g/mol. The summed E-state index contributed by atoms with van der Waals surface area (Å²) in [5.74, 6) is 0.279. The fourth-order valence-electron chi connectivity index (χ4n) is 1.64. The Labute approximate surface area is 98.3 Å². The Morgan fingerprint density at radius 2 is 2.06 bits per heavy atom. The lowest BCUT2D eigenvalue weighted by atomic mass is 10.5. The minimum Gasteiger partial charge on any atom is -0.382 e. The van der Waals surface area contributed by atoms with E-state index >= 15 is 0 Å². The zero-order valence-corrected chi connectivity index (χ0v) is 9.79. The first-order chi connectivity index (χ1) is 8.19. The van der Waals surface area contributed by atoms with Crippen molar-refractivity contribution in [1.29, 1.82) is 0 Å². The summed E-state index contributed by atoms with van der Waals surface area (Å²) in [5, 5.41) is 0. The van der Waals surface area contributed by atoms with Gasteiger partial charge in [-0.2, -0.15) is 0 Å². The molecule has 2 rings (SSSR count). The van der Waals surface area contributed by atoms with Crippen LogP contribution in [-0.2, 0) is 0 Å². The molecule has 1 amide bonds. The van der Waals surface area contributed by atoms with Crippen molar-refractivity contribution >= 4 is 23.0 Å². The van der Waals surface area contributed by atoms with Crippen LogP contribution in [-0.4, -0.2) is 43.5 Å². The minimum atomic E-state index is -0.157. The standard InChI is InChI=1S/C10H14N6O/c1-3-15(4-2)10(17)16-6-14-7-8(11)12-5-13-9(7)16/h5-6H,3-4H2,1-2H3,(H2,11,12,13). The number of nitrogens with zero attached hydrogens (tertiary/aromatic N) is 5. The van der Waals surface area contributed by atoms with Gasteiger partial charge in [0.25, 0.3) is 0 Å². The van der Waals surface area contributed by atoms with Gasteiger partial charge >= 0.3 is 6.03 Å². The third-order valence-electron chi connectivity index (χ3n) is 2.60. The van der Waals surface area contributed by atoms with E-state index in [9.17, 15) is 4.79 Å². The molecule has 0 radical (unpaired) electrons. The maximum Gasteiger partial charge on any atom is 0.331 e. The number of aromatic nitrogens is 4. The number of rotatable bonds is 2. The molecule has 7 heteroatoms. The molecule has 0 aliphatic heterocycles. The fraction of sp³-hybridized carbons (Fsp3) is 0.400. The molecular formula is C10H14N6O. The molecule has 17 heavy (non-hydrogen) atoms. The number of carbonyl (C=O) groups excluding carboxylic acids is 1. The van der Waals surface area contributed by atoms with E-state index in [-0.39, 0.29) is 11.8 Å². The number of amides is 1. The Hall–Kier alpha value is -2.18. The van der Waals surface area contributed by atoms with Crippen molar-refractivity contribution in [2.45, 2.75) is 13.8 Å². The van der Waals surface area contributed by atoms with Crippen LogP contribution < -0.4 is 5.73 Å². The van der Waals surface area contributed by atoms with Crippen molar-refractivity contribution in [3.63, 3.8) is 0 Å². The van der Waals surface area contributed by atoms with Crippen molar-refractivity contribution in [3.8, 4) is 0 Å². The van der Waals surface area contributed by atoms with Gasteiger partial charge < -0.3 is 10.6 Å². The third kappa shape index (κ3) is 1.79. The van der Waals surface area contributed by atoms with Crippen molar-refractivity contribution in [2.75, 3.05) is 18.8 Å². The van der Waals surface area contributed by atoms with E-state index in [4.69, 9.17) is 5.73 Å². The summed E-state index contributed by atoms with van der Waals surface area (Å²) in [4.78, 5) is 25.7. The summed E-state index contributed by atoms with van der Waals surface area (Å²) < 4.78 is 1.39. The van der Waals surface area contributed by atoms with Gasteiger partial charge in [0.2, 0.25) is 0 Å². The highest BCUT2D eigenvalue weighted by atomic mass is 16.2. The summed E-state index contributed by atoms with van der Waals surface area (Å²) in [6.45, 7) is 5.11. The number of imidazole rings is 1. The Kier molecular flexibility index (Phi) is 2.90. The number of hydrogen-bond donors (Lipinski definition) is 1. The molecular weight excluding hydrogens is 220 g/mol. The number of carbonyl (C=O) groups is 1. The van der Waals surface area contributed by atoms with Crippen LogP contribution >= 0.6 is 0 Å². The lowest BCUT2D eigenvalue weighted by Gasteiger charge is -2.18. The van der Waals surface area contributed by atoms with Crippen molar-refractivity contribution in [3.05, 3.63) is 12.7 Å². The molecule has 0 aliphatic carbocycles. The van der Waals surface area contributed by atoms with Gasteiger partial charge in [0.15, 0.2) is 17.0 Å². The normalized spacial score (nSPS) is 10.7. The van der Waals surface area contributed by atoms with Gasteiger partial charge in [-0.3, -0.25) is 0 Å². The first-order valence-electron chi connectivity index (χ1n) is 5.41. The molecule has 90 valence electrons. The maximum absolute atomic E-state index is 12.1. The van der Waals surface area contributed by atoms with Crippen LogP contribution in [0.4, 0.5) is 10.6 Å². The topological polar surface area (TPSA) is 89.9 Å². The number of hydrogen-bond acceptors (Lipinski definition) is 5. The van der Waals surface area contributed by atoms with Gasteiger partial charge in [-0.05, 0) is 13.8 Å². The second-order valence-electron chi connectivity index (χ2n) is 3.50. The molecule has 7 nitrogen and oxygen atoms in total. The van der Waals surface area contributed by atoms with E-state index in [1.807, 2.05) is 13.8 Å². The quantitative estimate of drug-likeness (QED) is 0.826. The molecule has 2 aromatic heterocycles. The van der Waals surface area contributed by atoms with Crippen molar-refractivity contribution in [2.24, 2.45) is 0 Å². The molecule has 2 heterocycles. The molecule has 0 saturated heterocycles. The highest BCUT2D eigenvalue weighted by Gasteiger charge is 2.17. The highest BCUT2D eigenvalue weighted by Crippen LogP contribution is 2.14. The number of nitrogen functional groups attached to an aromatic ring is 1. The predicted molar refractivity (Wildman–Crippen MR) is 63.5 cm³/mol. The van der Waals surface area contributed by atoms with Crippen LogP contribution in [0.3, 0.4) is 0 Å². The fourth-order valence-corrected chi connectivity index (χ4v) is 1.64. The largest absolute Gasteiger partial charge is 0.382 e. The lowest BCUT2D eigenvalue weighted by Crippen LogP contribution is -2.34. The van der Waals surface area contributed by atoms with Crippen LogP contribution in [0.2, 0.25) is 0 Å². The summed E-state index contributed by atoms with van der Waals surface area (Å²) in [6.07, 6.45) is 2.75. The average molecular weight is 234 g/mol. The van der Waals surface area contributed by atoms with E-state index in [1.165, 1.54) is 17.2 Å². The summed E-state index contributed by atoms with van der Waals surface area (Å²) in [6, 6.07) is -0.157. The minimum absolute atomic E-state index is 0.157. The number of anilines is 1. The first-order valence-corrected chi connectivity index (χ1v) is 5.41. The molecule has 0 fully saturated rings. The lowest BCUT2D eigenvalue weighted by molar-refractivity contribution is 0.206. The van der Waals surface area contributed by atoms with E-state index in [0.29, 0.717) is 24.3 Å². The molecule has 0 bridgehead atoms. The molecule has 0 aromatic carbocycles. The Balaban J connectivity index is 2.49. The SMILES string of the molecule is CCN(CC)C(=O)n1cnc2c(N)ncnc21. The van der Waals surface area contributed by atoms with Gasteiger partial charge in [0.05, 0.1) is 0 Å². The van der Waals surface area contributed by atoms with E-state index in [2.05, 4.69) is 15.0 Å². The number of fused-ring (bicyclic) bond motifs is 1. The molecule has 2 aromatic rings. The van der Waals surface area contributed by atoms with E-state index in [0.717, 1.165) is 0 Å². The van der Waals surface area contributed by atoms with Crippen molar-refractivity contribution < 1.29 is 4.79 Å². The summed E-state index contributed by atoms with van der Waals surface area (Å²) in [5.41, 5.74) is 6.55. The Morgan fingerprint density at radius 3 is 2.71 bits per heavy atom. The van der Waals surface area contributed by atoms with Gasteiger partial charge in [0.1, 0.15) is 12.7 Å². The highest BCUT2D eigenvalue weighted by molar-refractivity contribution is 5.90. The van der Waals surface area contributed by atoms with Gasteiger partial charge in [-0.15, -0.1) is 0 Å². The molecule has 0 aliphatic rings. The Bertz CT molecular complexity index is 545. The summed E-state index contributed by atoms with van der Waals surface area (Å²) >= 11 is 0. The molecule has 0 spiro atoms. The zero-order chi connectivity index (χ0) is 12.4.